The molecule has 0 bridgehead atoms. The second-order valence-corrected chi connectivity index (χ2v) is 6.51. The van der Waals surface area contributed by atoms with Crippen molar-refractivity contribution >= 4 is 20.9 Å². The molecule has 0 N–H and O–H groups in total. The molecule has 111 valence electrons. The highest BCUT2D eigenvalue weighted by Gasteiger charge is 2.20. The molecule has 0 heterocycles. The largest absolute Gasteiger partial charge is 0.379 e. The molecule has 0 aliphatic carbocycles. The van der Waals surface area contributed by atoms with Crippen LogP contribution in [-0.2, 0) is 15.2 Å². The van der Waals surface area contributed by atoms with Crippen LogP contribution in [0, 0.1) is 6.92 Å². The van der Waals surface area contributed by atoms with Gasteiger partial charge in [0.05, 0.1) is 0 Å². The van der Waals surface area contributed by atoms with Gasteiger partial charge in [-0.15, -0.1) is 0 Å². The lowest BCUT2D eigenvalue weighted by Crippen LogP contribution is -2.10. The fourth-order valence-corrected chi connectivity index (χ4v) is 3.49. The van der Waals surface area contributed by atoms with E-state index in [0.717, 1.165) is 11.5 Å². The van der Waals surface area contributed by atoms with E-state index in [1.807, 2.05) is 18.2 Å². The number of benzene rings is 3. The molecule has 0 saturated carbocycles. The van der Waals surface area contributed by atoms with Gasteiger partial charge >= 0.3 is 10.1 Å². The van der Waals surface area contributed by atoms with E-state index < -0.39 is 10.1 Å². The molecule has 0 amide bonds. The molecular weight excluding hydrogens is 300 g/mol. The maximum absolute atomic E-state index is 12.5. The second kappa shape index (κ2) is 5.35. The van der Waals surface area contributed by atoms with E-state index in [0.29, 0.717) is 10.9 Å². The minimum absolute atomic E-state index is 0.0259. The third kappa shape index (κ3) is 2.76. The zero-order chi connectivity index (χ0) is 15.7. The summed E-state index contributed by atoms with van der Waals surface area (Å²) in [6, 6.07) is 16.2. The normalized spacial score (nSPS) is 11.5. The first-order chi connectivity index (χ1) is 10.5. The van der Waals surface area contributed by atoms with Gasteiger partial charge in [0.1, 0.15) is 10.6 Å². The first-order valence-electron chi connectivity index (χ1n) is 6.67. The summed E-state index contributed by atoms with van der Waals surface area (Å²) in [7, 11) is -4.01. The topological polar surface area (TPSA) is 63.3 Å². The summed E-state index contributed by atoms with van der Waals surface area (Å²) in [5.41, 5.74) is 0.649. The van der Waals surface area contributed by atoms with Crippen LogP contribution in [0.15, 0.2) is 65.6 Å². The average Bonchev–Trinajstić information content (AvgIpc) is 2.45. The van der Waals surface area contributed by atoms with E-state index in [4.69, 9.17) is 4.18 Å². The van der Waals surface area contributed by atoms with Crippen molar-refractivity contribution in [2.24, 2.45) is 0 Å². The fraction of sp³-hybridized carbons (Fsp3) is 0.0588. The van der Waals surface area contributed by atoms with E-state index in [1.54, 1.807) is 25.1 Å². The first kappa shape index (κ1) is 14.4. The fourth-order valence-electron chi connectivity index (χ4n) is 2.35. The van der Waals surface area contributed by atoms with E-state index in [2.05, 4.69) is 0 Å². The summed E-state index contributed by atoms with van der Waals surface area (Å²) in [4.78, 5) is 0.0829. The predicted molar refractivity (Wildman–Crippen MR) is 83.1 cm³/mol. The van der Waals surface area contributed by atoms with Gasteiger partial charge in [-0.1, -0.05) is 36.4 Å². The van der Waals surface area contributed by atoms with Gasteiger partial charge in [0, 0.05) is 11.5 Å². The predicted octanol–water partition coefficient (Wildman–Crippen LogP) is 4.06. The first-order valence-corrected chi connectivity index (χ1v) is 8.07. The van der Waals surface area contributed by atoms with Crippen LogP contribution in [0.1, 0.15) is 5.56 Å². The van der Waals surface area contributed by atoms with Crippen LogP contribution in [0.3, 0.4) is 0 Å². The third-order valence-corrected chi connectivity index (χ3v) is 4.56. The molecule has 0 atom stereocenters. The molecule has 0 aliphatic rings. The molecule has 3 rings (SSSR count). The molecule has 0 saturated heterocycles. The number of hydrogen-bond donors (Lipinski definition) is 0. The van der Waals surface area contributed by atoms with Crippen molar-refractivity contribution in [1.29, 1.82) is 0 Å². The van der Waals surface area contributed by atoms with E-state index in [1.165, 1.54) is 18.2 Å². The summed E-state index contributed by atoms with van der Waals surface area (Å²) in [5.74, 6) is -0.263. The second-order valence-electron chi connectivity index (χ2n) is 5.00. The summed E-state index contributed by atoms with van der Waals surface area (Å²) in [5, 5.41) is 12.9. The van der Waals surface area contributed by atoms with Gasteiger partial charge in [-0.2, -0.15) is 8.42 Å². The van der Waals surface area contributed by atoms with Crippen molar-refractivity contribution in [1.82, 2.24) is 0 Å². The highest BCUT2D eigenvalue weighted by Crippen LogP contribution is 2.28. The summed E-state index contributed by atoms with van der Waals surface area (Å²) in [6.07, 6.45) is 0. The molecule has 0 spiro atoms. The molecule has 22 heavy (non-hydrogen) atoms. The van der Waals surface area contributed by atoms with Gasteiger partial charge in [-0.05, 0) is 36.1 Å². The number of rotatable bonds is 3. The third-order valence-electron chi connectivity index (χ3n) is 3.25. The van der Waals surface area contributed by atoms with Gasteiger partial charge in [-0.3, -0.25) is 5.11 Å². The van der Waals surface area contributed by atoms with Gasteiger partial charge < -0.3 is 4.18 Å². The van der Waals surface area contributed by atoms with Crippen molar-refractivity contribution in [3.05, 3.63) is 66.2 Å². The summed E-state index contributed by atoms with van der Waals surface area (Å²) in [6.45, 7) is 1.71. The van der Waals surface area contributed by atoms with Crippen molar-refractivity contribution in [3.63, 3.8) is 0 Å². The molecule has 3 aromatic rings. The highest BCUT2D eigenvalue weighted by atomic mass is 32.2. The number of hydrogen-bond acceptors (Lipinski definition) is 3. The molecule has 0 aromatic heterocycles. The van der Waals surface area contributed by atoms with E-state index in [9.17, 15) is 13.5 Å². The number of aryl methyl sites for hydroxylation is 1. The van der Waals surface area contributed by atoms with Crippen LogP contribution < -0.4 is 4.18 Å². The Labute approximate surface area is 128 Å². The lowest BCUT2D eigenvalue weighted by molar-refractivity contribution is 0.353. The Hall–Kier alpha value is -2.53. The molecule has 0 unspecified atom stereocenters. The van der Waals surface area contributed by atoms with Crippen LogP contribution >= 0.6 is 0 Å². The molecular formula is C17H13O4S. The minimum Gasteiger partial charge on any atom is -0.379 e. The lowest BCUT2D eigenvalue weighted by Gasteiger charge is -2.10. The Morgan fingerprint density at radius 1 is 0.909 bits per heavy atom. The summed E-state index contributed by atoms with van der Waals surface area (Å²) < 4.78 is 30.2. The SMILES string of the molecule is Cc1cc([O])cc(OS(=O)(=O)c2cccc3ccccc23)c1. The molecule has 5 heteroatoms. The maximum Gasteiger partial charge on any atom is 0.339 e. The Bertz CT molecular complexity index is 920. The smallest absolute Gasteiger partial charge is 0.339 e. The molecule has 0 aliphatic heterocycles. The van der Waals surface area contributed by atoms with Crippen molar-refractivity contribution in [3.8, 4) is 11.5 Å². The molecule has 4 nitrogen and oxygen atoms in total. The Morgan fingerprint density at radius 2 is 1.64 bits per heavy atom. The van der Waals surface area contributed by atoms with Gasteiger partial charge in [-0.25, -0.2) is 0 Å². The average molecular weight is 313 g/mol. The lowest BCUT2D eigenvalue weighted by atomic mass is 10.1. The Balaban J connectivity index is 2.09. The van der Waals surface area contributed by atoms with Crippen molar-refractivity contribution < 1.29 is 17.7 Å². The van der Waals surface area contributed by atoms with Crippen LogP contribution in [-0.4, -0.2) is 8.42 Å². The van der Waals surface area contributed by atoms with Gasteiger partial charge in [0.25, 0.3) is 0 Å². The zero-order valence-corrected chi connectivity index (χ0v) is 12.6. The van der Waals surface area contributed by atoms with Crippen LogP contribution in [0.25, 0.3) is 10.8 Å². The summed E-state index contributed by atoms with van der Waals surface area (Å²) >= 11 is 0. The van der Waals surface area contributed by atoms with Crippen molar-refractivity contribution in [2.75, 3.05) is 0 Å². The molecule has 3 aromatic carbocycles. The zero-order valence-electron chi connectivity index (χ0n) is 11.8. The Morgan fingerprint density at radius 3 is 2.41 bits per heavy atom. The van der Waals surface area contributed by atoms with Crippen LogP contribution in [0.5, 0.6) is 11.5 Å². The quantitative estimate of drug-likeness (QED) is 0.685. The molecule has 1 radical (unpaired) electrons. The monoisotopic (exact) mass is 313 g/mol. The number of fused-ring (bicyclic) bond motifs is 1. The van der Waals surface area contributed by atoms with Crippen LogP contribution in [0.4, 0.5) is 0 Å². The van der Waals surface area contributed by atoms with Crippen molar-refractivity contribution in [2.45, 2.75) is 11.8 Å². The van der Waals surface area contributed by atoms with Crippen LogP contribution in [0.2, 0.25) is 0 Å². The minimum atomic E-state index is -4.01. The molecule has 0 fully saturated rings. The maximum atomic E-state index is 12.5. The van der Waals surface area contributed by atoms with E-state index >= 15 is 0 Å². The van der Waals surface area contributed by atoms with Gasteiger partial charge in [0.15, 0.2) is 5.75 Å². The highest BCUT2D eigenvalue weighted by molar-refractivity contribution is 7.87. The Kier molecular flexibility index (Phi) is 3.50. The van der Waals surface area contributed by atoms with E-state index in [-0.39, 0.29) is 16.4 Å². The standard InChI is InChI=1S/C17H13O4S/c1-12-9-14(18)11-15(10-12)21-22(19,20)17-8-4-6-13-5-2-3-7-16(13)17/h2-11H,1H3. The van der Waals surface area contributed by atoms with Gasteiger partial charge in [0.2, 0.25) is 0 Å².